The Balaban J connectivity index is 0.000000107. The van der Waals surface area contributed by atoms with Crippen LogP contribution in [0.4, 0.5) is 0 Å². The number of aromatic nitrogens is 12. The molecule has 0 radical (unpaired) electrons. The molecule has 0 aliphatic carbocycles. The van der Waals surface area contributed by atoms with Gasteiger partial charge in [0.1, 0.15) is 23.1 Å². The van der Waals surface area contributed by atoms with Crippen molar-refractivity contribution in [1.82, 2.24) is 58.6 Å². The van der Waals surface area contributed by atoms with Gasteiger partial charge in [-0.15, -0.1) is 0 Å². The first kappa shape index (κ1) is 75.6. The predicted molar refractivity (Wildman–Crippen MR) is 541 cm³/mol. The Bertz CT molecular complexity index is 9230. The topological polar surface area (TPSA) is 131 Å². The third-order valence-corrected chi connectivity index (χ3v) is 25.5. The van der Waals surface area contributed by atoms with E-state index in [9.17, 15) is 0 Å². The van der Waals surface area contributed by atoms with Gasteiger partial charge in [0.25, 0.3) is 0 Å². The summed E-state index contributed by atoms with van der Waals surface area (Å²) in [6.07, 6.45) is 7.23. The number of hydrogen-bond donors (Lipinski definition) is 0. The molecule has 0 aliphatic heterocycles. The molecule has 0 unspecified atom stereocenters. The Morgan fingerprint density at radius 1 is 0.183 bits per heavy atom. The fourth-order valence-electron chi connectivity index (χ4n) is 19.3. The average molecular weight is 1670 g/mol. The molecule has 9 heterocycles. The number of benzene rings is 18. The summed E-state index contributed by atoms with van der Waals surface area (Å²) in [7, 11) is 0. The molecule has 12 nitrogen and oxygen atoms in total. The lowest BCUT2D eigenvalue weighted by molar-refractivity contribution is 1.07. The van der Waals surface area contributed by atoms with Crippen LogP contribution in [0.1, 0.15) is 0 Å². The third kappa shape index (κ3) is 13.4. The lowest BCUT2D eigenvalue weighted by Crippen LogP contribution is -2.03. The molecular formula is C119H74N12. The van der Waals surface area contributed by atoms with E-state index < -0.39 is 0 Å². The molecule has 27 aromatic rings. The maximum Gasteiger partial charge on any atom is 0.180 e. The summed E-state index contributed by atoms with van der Waals surface area (Å²) < 4.78 is 6.96. The fourth-order valence-corrected chi connectivity index (χ4v) is 19.3. The maximum absolute atomic E-state index is 5.39. The molecule has 0 aliphatic rings. The zero-order valence-corrected chi connectivity index (χ0v) is 70.6. The third-order valence-electron chi connectivity index (χ3n) is 25.5. The molecule has 9 aromatic heterocycles. The number of hydrogen-bond acceptors (Lipinski definition) is 9. The van der Waals surface area contributed by atoms with Gasteiger partial charge in [-0.05, 0) is 215 Å². The first-order chi connectivity index (χ1) is 64.9. The van der Waals surface area contributed by atoms with Gasteiger partial charge in [-0.2, -0.15) is 0 Å². The minimum Gasteiger partial charge on any atom is -0.293 e. The number of fused-ring (bicyclic) bond motifs is 17. The maximum atomic E-state index is 5.39. The van der Waals surface area contributed by atoms with E-state index in [1.165, 1.54) is 109 Å². The van der Waals surface area contributed by atoms with E-state index in [1.807, 2.05) is 73.1 Å². The highest BCUT2D eigenvalue weighted by Gasteiger charge is 2.26. The van der Waals surface area contributed by atoms with E-state index in [1.54, 1.807) is 12.4 Å². The Kier molecular flexibility index (Phi) is 18.3. The Morgan fingerprint density at radius 3 is 1.22 bits per heavy atom. The first-order valence-electron chi connectivity index (χ1n) is 44.0. The van der Waals surface area contributed by atoms with Crippen LogP contribution >= 0.6 is 0 Å². The van der Waals surface area contributed by atoms with Crippen molar-refractivity contribution in [2.24, 2.45) is 0 Å². The van der Waals surface area contributed by atoms with E-state index in [-0.39, 0.29) is 0 Å². The van der Waals surface area contributed by atoms with Crippen molar-refractivity contribution < 1.29 is 0 Å². The highest BCUT2D eigenvalue weighted by Crippen LogP contribution is 2.45. The van der Waals surface area contributed by atoms with Crippen LogP contribution in [0.25, 0.3) is 248 Å². The summed E-state index contributed by atoms with van der Waals surface area (Å²) >= 11 is 0. The summed E-state index contributed by atoms with van der Waals surface area (Å²) in [4.78, 5) is 44.3. The van der Waals surface area contributed by atoms with E-state index in [2.05, 4.69) is 393 Å². The van der Waals surface area contributed by atoms with Gasteiger partial charge in [-0.3, -0.25) is 28.7 Å². The number of para-hydroxylation sites is 4. The number of pyridine rings is 3. The highest BCUT2D eigenvalue weighted by atomic mass is 15.1. The lowest BCUT2D eigenvalue weighted by Gasteiger charge is -2.14. The zero-order valence-electron chi connectivity index (χ0n) is 70.6. The van der Waals surface area contributed by atoms with E-state index in [0.717, 1.165) is 122 Å². The summed E-state index contributed by atoms with van der Waals surface area (Å²) in [5.74, 6) is 4.53. The largest absolute Gasteiger partial charge is 0.293 e. The van der Waals surface area contributed by atoms with E-state index >= 15 is 0 Å². The quantitative estimate of drug-likeness (QED) is 0.131. The first-order valence-corrected chi connectivity index (χ1v) is 44.0. The smallest absolute Gasteiger partial charge is 0.180 e. The van der Waals surface area contributed by atoms with Crippen molar-refractivity contribution in [3.8, 4) is 96.3 Å². The van der Waals surface area contributed by atoms with Gasteiger partial charge >= 0.3 is 0 Å². The van der Waals surface area contributed by atoms with Crippen molar-refractivity contribution in [2.75, 3.05) is 0 Å². The minimum atomic E-state index is 0.609. The summed E-state index contributed by atoms with van der Waals surface area (Å²) in [6.45, 7) is 0. The lowest BCUT2D eigenvalue weighted by atomic mass is 9.98. The molecule has 131 heavy (non-hydrogen) atoms. The van der Waals surface area contributed by atoms with E-state index in [4.69, 9.17) is 29.9 Å². The van der Waals surface area contributed by atoms with Crippen LogP contribution in [0.3, 0.4) is 0 Å². The zero-order chi connectivity index (χ0) is 86.4. The molecule has 0 N–H and O–H groups in total. The molecule has 12 heteroatoms. The highest BCUT2D eigenvalue weighted by molar-refractivity contribution is 6.21. The fraction of sp³-hybridized carbons (Fsp3) is 0. The van der Waals surface area contributed by atoms with Crippen molar-refractivity contribution in [1.29, 1.82) is 0 Å². The van der Waals surface area contributed by atoms with Gasteiger partial charge in [0.15, 0.2) is 17.5 Å². The molecule has 27 rings (SSSR count). The molecule has 0 fully saturated rings. The van der Waals surface area contributed by atoms with Crippen LogP contribution in [-0.2, 0) is 0 Å². The average Bonchev–Trinajstić information content (AvgIpc) is 1.57. The van der Waals surface area contributed by atoms with Crippen LogP contribution < -0.4 is 0 Å². The molecule has 0 atom stereocenters. The predicted octanol–water partition coefficient (Wildman–Crippen LogP) is 29.8. The van der Waals surface area contributed by atoms with Gasteiger partial charge in [-0.25, -0.2) is 29.9 Å². The second kappa shape index (κ2) is 31.7. The van der Waals surface area contributed by atoms with Crippen molar-refractivity contribution in [3.05, 3.63) is 449 Å². The van der Waals surface area contributed by atoms with Crippen molar-refractivity contribution in [2.45, 2.75) is 0 Å². The summed E-state index contributed by atoms with van der Waals surface area (Å²) in [5, 5.41) is 21.0. The molecule has 0 bridgehead atoms. The van der Waals surface area contributed by atoms with Gasteiger partial charge in [0.05, 0.1) is 55.2 Å². The van der Waals surface area contributed by atoms with Crippen LogP contribution in [0.2, 0.25) is 0 Å². The summed E-state index contributed by atoms with van der Waals surface area (Å²) in [5.41, 5.74) is 22.3. The van der Waals surface area contributed by atoms with Gasteiger partial charge < -0.3 is 0 Å². The number of nitrogens with zero attached hydrogens (tertiary/aromatic N) is 12. The van der Waals surface area contributed by atoms with Crippen LogP contribution in [-0.4, -0.2) is 58.6 Å². The molecule has 0 amide bonds. The van der Waals surface area contributed by atoms with Gasteiger partial charge in [0.2, 0.25) is 0 Å². The standard InChI is InChI=1S/C45H28N4.C39H24N4.C35H22N4/c1-2-10-29(11-3-1)35-23-24-37-39-26-33-12-4-5-13-34(33)27-42(39)49(41(37)28-35)45-38-16-6-7-18-40(38)47-44(48-45)32-21-19-30(20-22-32)36-17-8-14-31-15-9-25-46-43(31)36;1-2-10-26-21-29(17-16-25(26)9-1)30-18-19-36-32(23-30)33-22-27-11-3-4-12-28(27)24-37(33)43(36)39-31-13-5-6-14-34(31)41-38(42-39)35-15-7-8-20-40-35;1-2-10-23(11-3-1)27-16-8-18-31-33(27)29-20-24-12-4-5-13-25(24)21-32(29)39(31)35-28-15-6-7-17-30(28)37-34(38-35)26-14-9-19-36-22-26/h1-28H;1-24H;1-22H. The molecule has 0 spiro atoms. The number of rotatable bonds is 10. The Labute approximate surface area is 751 Å². The SMILES string of the molecule is c1ccc(-c2ccc3c4cc5ccccc5cc4n(-c4nc(-c5ccc(-c6cccc7cccnc67)cc5)nc5ccccc45)c3c2)cc1.c1ccc(-c2cccc3c2c2cc4ccccc4cc2n3-c2nc(-c3cccnc3)nc3ccccc23)cc1.c1ccc(-c2nc(-n3c4ccc(-c5ccc6ccccc6c5)cc4c4cc5ccccc5cc43)c3ccccc3n2)nc1. The minimum absolute atomic E-state index is 0.609. The monoisotopic (exact) mass is 1670 g/mol. The molecule has 610 valence electrons. The van der Waals surface area contributed by atoms with Gasteiger partial charge in [-0.1, -0.05) is 291 Å². The molecule has 0 saturated heterocycles. The molecule has 0 saturated carbocycles. The van der Waals surface area contributed by atoms with Crippen molar-refractivity contribution >= 4 is 152 Å². The Morgan fingerprint density at radius 2 is 0.595 bits per heavy atom. The summed E-state index contributed by atoms with van der Waals surface area (Å²) in [6, 6.07) is 150. The molecular weight excluding hydrogens is 1600 g/mol. The Hall–Kier alpha value is -17.9. The van der Waals surface area contributed by atoms with Gasteiger partial charge in [0, 0.05) is 95.3 Å². The van der Waals surface area contributed by atoms with Crippen molar-refractivity contribution in [3.63, 3.8) is 0 Å². The second-order valence-electron chi connectivity index (χ2n) is 33.2. The van der Waals surface area contributed by atoms with Crippen LogP contribution in [0.5, 0.6) is 0 Å². The van der Waals surface area contributed by atoms with Crippen LogP contribution in [0.15, 0.2) is 449 Å². The normalized spacial score (nSPS) is 11.7. The molecule has 18 aromatic carbocycles. The van der Waals surface area contributed by atoms with E-state index in [0.29, 0.717) is 17.5 Å². The van der Waals surface area contributed by atoms with Crippen LogP contribution in [0, 0.1) is 0 Å². The second-order valence-corrected chi connectivity index (χ2v) is 33.2.